The third-order valence-electron chi connectivity index (χ3n) is 3.55. The molecule has 1 atom stereocenters. The van der Waals surface area contributed by atoms with E-state index in [9.17, 15) is 8.42 Å². The van der Waals surface area contributed by atoms with E-state index in [1.54, 1.807) is 26.0 Å². The lowest BCUT2D eigenvalue weighted by molar-refractivity contribution is 0.600. The van der Waals surface area contributed by atoms with Crippen LogP contribution in [0.4, 0.5) is 5.13 Å². The second-order valence-corrected chi connectivity index (χ2v) is 8.75. The highest BCUT2D eigenvalue weighted by Crippen LogP contribution is 2.29. The Morgan fingerprint density at radius 2 is 1.91 bits per heavy atom. The number of hydrogen-bond donors (Lipinski definition) is 1. The third-order valence-corrected chi connectivity index (χ3v) is 6.56. The lowest BCUT2D eigenvalue weighted by Crippen LogP contribution is -2.15. The molecule has 0 aliphatic rings. The number of nitrogens with zero attached hydrogens (tertiary/aromatic N) is 1. The van der Waals surface area contributed by atoms with Crippen LogP contribution in [-0.4, -0.2) is 13.4 Å². The Labute approximate surface area is 144 Å². The molecule has 0 spiro atoms. The van der Waals surface area contributed by atoms with E-state index in [0.717, 1.165) is 16.6 Å². The minimum Gasteiger partial charge on any atom is -0.255 e. The Hall–Kier alpha value is -0.920. The molecule has 0 saturated heterocycles. The second kappa shape index (κ2) is 6.68. The van der Waals surface area contributed by atoms with Gasteiger partial charge in [-0.2, -0.15) is 0 Å². The molecule has 0 radical (unpaired) electrons. The fraction of sp³-hybridized carbons (Fsp3) is 0.400. The van der Waals surface area contributed by atoms with Crippen molar-refractivity contribution >= 4 is 42.4 Å². The molecule has 0 fully saturated rings. The van der Waals surface area contributed by atoms with Crippen molar-refractivity contribution in [3.8, 4) is 0 Å². The van der Waals surface area contributed by atoms with Gasteiger partial charge in [-0.05, 0) is 49.4 Å². The van der Waals surface area contributed by atoms with E-state index in [1.165, 1.54) is 11.3 Å². The number of sulfonamides is 1. The number of hydrogen-bond acceptors (Lipinski definition) is 4. The van der Waals surface area contributed by atoms with Crippen LogP contribution in [-0.2, 0) is 10.0 Å². The van der Waals surface area contributed by atoms with Gasteiger partial charge in [-0.15, -0.1) is 11.3 Å². The van der Waals surface area contributed by atoms with Crippen LogP contribution in [0, 0.1) is 13.8 Å². The molecule has 1 aromatic carbocycles. The van der Waals surface area contributed by atoms with Crippen LogP contribution in [0.25, 0.3) is 0 Å². The van der Waals surface area contributed by atoms with E-state index in [0.29, 0.717) is 27.1 Å². The van der Waals surface area contributed by atoms with Crippen LogP contribution in [0.5, 0.6) is 0 Å². The minimum atomic E-state index is -3.63. The highest BCUT2D eigenvalue weighted by molar-refractivity contribution is 9.10. The Kier molecular flexibility index (Phi) is 5.29. The molecule has 1 unspecified atom stereocenters. The number of halogens is 1. The standard InChI is InChI=1S/C15H19BrN2O2S2/c1-5-9(2)13-8-21-15(17-13)18-22(19,20)14-10(3)6-12(16)7-11(14)4/h6-9H,5H2,1-4H3,(H,17,18). The summed E-state index contributed by atoms with van der Waals surface area (Å²) in [7, 11) is -3.63. The third kappa shape index (κ3) is 3.70. The maximum absolute atomic E-state index is 12.6. The first-order chi connectivity index (χ1) is 10.2. The normalized spacial score (nSPS) is 13.1. The molecule has 0 bridgehead atoms. The number of rotatable bonds is 5. The molecule has 0 aliphatic heterocycles. The van der Waals surface area contributed by atoms with E-state index in [-0.39, 0.29) is 0 Å². The summed E-state index contributed by atoms with van der Waals surface area (Å²) < 4.78 is 28.8. The number of aromatic nitrogens is 1. The molecular weight excluding hydrogens is 384 g/mol. The van der Waals surface area contributed by atoms with Crippen molar-refractivity contribution in [1.82, 2.24) is 4.98 Å². The van der Waals surface area contributed by atoms with Crippen molar-refractivity contribution < 1.29 is 8.42 Å². The second-order valence-electron chi connectivity index (χ2n) is 5.36. The van der Waals surface area contributed by atoms with Crippen molar-refractivity contribution in [1.29, 1.82) is 0 Å². The molecule has 7 heteroatoms. The van der Waals surface area contributed by atoms with Gasteiger partial charge in [0.2, 0.25) is 0 Å². The molecule has 1 N–H and O–H groups in total. The van der Waals surface area contributed by atoms with Gasteiger partial charge in [0.25, 0.3) is 10.0 Å². The average Bonchev–Trinajstić information content (AvgIpc) is 2.83. The first-order valence-corrected chi connectivity index (χ1v) is 10.1. The van der Waals surface area contributed by atoms with Crippen LogP contribution >= 0.6 is 27.3 Å². The van der Waals surface area contributed by atoms with Gasteiger partial charge in [0.15, 0.2) is 5.13 Å². The fourth-order valence-corrected chi connectivity index (χ4v) is 5.48. The molecular formula is C15H19BrN2O2S2. The highest BCUT2D eigenvalue weighted by atomic mass is 79.9. The van der Waals surface area contributed by atoms with E-state index in [2.05, 4.69) is 39.5 Å². The first kappa shape index (κ1) is 17.4. The Bertz CT molecular complexity index is 762. The van der Waals surface area contributed by atoms with Gasteiger partial charge in [-0.3, -0.25) is 4.72 Å². The summed E-state index contributed by atoms with van der Waals surface area (Å²) in [5.41, 5.74) is 2.34. The molecule has 2 rings (SSSR count). The van der Waals surface area contributed by atoms with Crippen molar-refractivity contribution in [3.63, 3.8) is 0 Å². The zero-order valence-corrected chi connectivity index (χ0v) is 16.2. The summed E-state index contributed by atoms with van der Waals surface area (Å²) in [4.78, 5) is 4.70. The van der Waals surface area contributed by atoms with Crippen molar-refractivity contribution in [3.05, 3.63) is 38.8 Å². The van der Waals surface area contributed by atoms with Crippen LogP contribution in [0.3, 0.4) is 0 Å². The number of benzene rings is 1. The van der Waals surface area contributed by atoms with E-state index in [4.69, 9.17) is 0 Å². The van der Waals surface area contributed by atoms with Gasteiger partial charge < -0.3 is 0 Å². The molecule has 1 aromatic heterocycles. The maximum Gasteiger partial charge on any atom is 0.264 e. The average molecular weight is 403 g/mol. The van der Waals surface area contributed by atoms with Gasteiger partial charge in [0.1, 0.15) is 0 Å². The summed E-state index contributed by atoms with van der Waals surface area (Å²) >= 11 is 4.70. The van der Waals surface area contributed by atoms with E-state index >= 15 is 0 Å². The highest BCUT2D eigenvalue weighted by Gasteiger charge is 2.22. The lowest BCUT2D eigenvalue weighted by Gasteiger charge is -2.12. The van der Waals surface area contributed by atoms with Gasteiger partial charge >= 0.3 is 0 Å². The molecule has 1 heterocycles. The molecule has 22 heavy (non-hydrogen) atoms. The first-order valence-electron chi connectivity index (χ1n) is 6.99. The Morgan fingerprint density at radius 1 is 1.32 bits per heavy atom. The lowest BCUT2D eigenvalue weighted by atomic mass is 10.1. The summed E-state index contributed by atoms with van der Waals surface area (Å²) in [6, 6.07) is 3.60. The van der Waals surface area contributed by atoms with E-state index in [1.807, 2.05) is 5.38 Å². The molecule has 4 nitrogen and oxygen atoms in total. The number of anilines is 1. The minimum absolute atomic E-state index is 0.316. The number of nitrogens with one attached hydrogen (secondary N) is 1. The molecule has 2 aromatic rings. The monoisotopic (exact) mass is 402 g/mol. The largest absolute Gasteiger partial charge is 0.264 e. The summed E-state index contributed by atoms with van der Waals surface area (Å²) in [5, 5.41) is 2.32. The van der Waals surface area contributed by atoms with E-state index < -0.39 is 10.0 Å². The predicted molar refractivity (Wildman–Crippen MR) is 95.2 cm³/mol. The quantitative estimate of drug-likeness (QED) is 0.778. The van der Waals surface area contributed by atoms with Crippen LogP contribution in [0.15, 0.2) is 26.9 Å². The van der Waals surface area contributed by atoms with Gasteiger partial charge in [-0.25, -0.2) is 13.4 Å². The maximum atomic E-state index is 12.6. The Balaban J connectivity index is 2.34. The van der Waals surface area contributed by atoms with Gasteiger partial charge in [-0.1, -0.05) is 29.8 Å². The molecule has 0 amide bonds. The van der Waals surface area contributed by atoms with Crippen LogP contribution < -0.4 is 4.72 Å². The predicted octanol–water partition coefficient (Wildman–Crippen LogP) is 4.84. The smallest absolute Gasteiger partial charge is 0.255 e. The zero-order valence-electron chi connectivity index (χ0n) is 13.0. The van der Waals surface area contributed by atoms with Crippen molar-refractivity contribution in [2.45, 2.75) is 44.9 Å². The summed E-state index contributed by atoms with van der Waals surface area (Å²) in [6.07, 6.45) is 0.973. The Morgan fingerprint density at radius 3 is 2.45 bits per heavy atom. The topological polar surface area (TPSA) is 59.1 Å². The number of aryl methyl sites for hydroxylation is 2. The van der Waals surface area contributed by atoms with Crippen LogP contribution in [0.1, 0.15) is 43.0 Å². The van der Waals surface area contributed by atoms with Crippen LogP contribution in [0.2, 0.25) is 0 Å². The van der Waals surface area contributed by atoms with Gasteiger partial charge in [0, 0.05) is 9.85 Å². The summed E-state index contributed by atoms with van der Waals surface area (Å²) in [5.74, 6) is 0.325. The summed E-state index contributed by atoms with van der Waals surface area (Å²) in [6.45, 7) is 7.75. The SMILES string of the molecule is CCC(C)c1csc(NS(=O)(=O)c2c(C)cc(Br)cc2C)n1. The fourth-order valence-electron chi connectivity index (χ4n) is 2.26. The molecule has 0 saturated carbocycles. The van der Waals surface area contributed by atoms with Crippen molar-refractivity contribution in [2.24, 2.45) is 0 Å². The number of thiazole rings is 1. The zero-order chi connectivity index (χ0) is 16.5. The molecule has 0 aliphatic carbocycles. The molecule has 120 valence electrons. The van der Waals surface area contributed by atoms with Crippen molar-refractivity contribution in [2.75, 3.05) is 4.72 Å². The van der Waals surface area contributed by atoms with Gasteiger partial charge in [0.05, 0.1) is 10.6 Å².